The molecule has 8 heteroatoms. The third-order valence-electron chi connectivity index (χ3n) is 5.74. The number of fused-ring (bicyclic) bond motifs is 1. The molecule has 28 heavy (non-hydrogen) atoms. The highest BCUT2D eigenvalue weighted by atomic mass is 16.3. The molecular weight excluding hydrogens is 358 g/mol. The summed E-state index contributed by atoms with van der Waals surface area (Å²) >= 11 is 0. The molecule has 0 saturated heterocycles. The minimum absolute atomic E-state index is 0.0946. The molecule has 2 unspecified atom stereocenters. The molecule has 2 N–H and O–H groups in total. The largest absolute Gasteiger partial charge is 0.396 e. The second kappa shape index (κ2) is 7.27. The van der Waals surface area contributed by atoms with Gasteiger partial charge in [-0.15, -0.1) is 0 Å². The van der Waals surface area contributed by atoms with Gasteiger partial charge in [-0.05, 0) is 18.4 Å². The molecule has 148 valence electrons. The Hall–Kier alpha value is -2.87. The van der Waals surface area contributed by atoms with E-state index < -0.39 is 5.69 Å². The third kappa shape index (κ3) is 3.03. The lowest BCUT2D eigenvalue weighted by molar-refractivity contribution is 0.222. The van der Waals surface area contributed by atoms with Crippen LogP contribution in [0.2, 0.25) is 0 Å². The molecule has 4 rings (SSSR count). The number of rotatable bonds is 5. The van der Waals surface area contributed by atoms with Gasteiger partial charge in [0.15, 0.2) is 11.2 Å². The molecule has 2 heterocycles. The third-order valence-corrected chi connectivity index (χ3v) is 5.74. The number of hydrogen-bond acceptors (Lipinski definition) is 5. The van der Waals surface area contributed by atoms with Crippen LogP contribution in [0.4, 0.5) is 5.95 Å². The summed E-state index contributed by atoms with van der Waals surface area (Å²) in [6.45, 7) is 0.584. The number of aromatic nitrogens is 4. The van der Waals surface area contributed by atoms with E-state index in [-0.39, 0.29) is 24.1 Å². The summed E-state index contributed by atoms with van der Waals surface area (Å²) in [6, 6.07) is 9.93. The van der Waals surface area contributed by atoms with Crippen molar-refractivity contribution in [1.82, 2.24) is 18.7 Å². The zero-order valence-corrected chi connectivity index (χ0v) is 16.1. The molecule has 3 aromatic rings. The molecular formula is C20H25N5O3. The summed E-state index contributed by atoms with van der Waals surface area (Å²) < 4.78 is 4.36. The molecule has 2 atom stereocenters. The first-order valence-electron chi connectivity index (χ1n) is 9.58. The van der Waals surface area contributed by atoms with Crippen molar-refractivity contribution in [1.29, 1.82) is 0 Å². The van der Waals surface area contributed by atoms with Gasteiger partial charge in [0, 0.05) is 32.7 Å². The molecule has 0 radical (unpaired) electrons. The molecule has 1 aliphatic carbocycles. The van der Waals surface area contributed by atoms with E-state index in [0.717, 1.165) is 29.4 Å². The second-order valence-corrected chi connectivity index (χ2v) is 7.51. The Morgan fingerprint density at radius 3 is 2.61 bits per heavy atom. The van der Waals surface area contributed by atoms with Crippen LogP contribution >= 0.6 is 0 Å². The van der Waals surface area contributed by atoms with Gasteiger partial charge < -0.3 is 10.4 Å². The number of imidazole rings is 1. The van der Waals surface area contributed by atoms with E-state index in [0.29, 0.717) is 23.7 Å². The van der Waals surface area contributed by atoms with Gasteiger partial charge in [0.05, 0.1) is 6.54 Å². The molecule has 1 saturated carbocycles. The molecule has 1 aromatic carbocycles. The summed E-state index contributed by atoms with van der Waals surface area (Å²) in [7, 11) is 3.11. The summed E-state index contributed by atoms with van der Waals surface area (Å²) in [5, 5.41) is 13.1. The van der Waals surface area contributed by atoms with E-state index in [4.69, 9.17) is 0 Å². The maximum Gasteiger partial charge on any atom is 0.332 e. The van der Waals surface area contributed by atoms with Gasteiger partial charge in [-0.25, -0.2) is 4.79 Å². The van der Waals surface area contributed by atoms with Crippen molar-refractivity contribution in [2.45, 2.75) is 31.8 Å². The molecule has 0 bridgehead atoms. The molecule has 0 aliphatic heterocycles. The van der Waals surface area contributed by atoms with E-state index in [1.807, 2.05) is 34.9 Å². The van der Waals surface area contributed by atoms with E-state index in [1.54, 1.807) is 7.05 Å². The minimum atomic E-state index is -0.400. The molecule has 8 nitrogen and oxygen atoms in total. The Bertz CT molecular complexity index is 1110. The number of aryl methyl sites for hydroxylation is 1. The lowest BCUT2D eigenvalue weighted by Crippen LogP contribution is -2.37. The van der Waals surface area contributed by atoms with Gasteiger partial charge in [-0.3, -0.25) is 18.5 Å². The Kier molecular flexibility index (Phi) is 4.80. The van der Waals surface area contributed by atoms with Crippen LogP contribution < -0.4 is 16.6 Å². The lowest BCUT2D eigenvalue weighted by atomic mass is 10.1. The quantitative estimate of drug-likeness (QED) is 0.687. The summed E-state index contributed by atoms with van der Waals surface area (Å²) in [5.74, 6) is 0.721. The van der Waals surface area contributed by atoms with Crippen molar-refractivity contribution >= 4 is 17.1 Å². The number of aliphatic hydroxyl groups excluding tert-OH is 1. The molecule has 0 spiro atoms. The Morgan fingerprint density at radius 2 is 1.89 bits per heavy atom. The smallest absolute Gasteiger partial charge is 0.332 e. The van der Waals surface area contributed by atoms with Gasteiger partial charge in [-0.1, -0.05) is 36.8 Å². The van der Waals surface area contributed by atoms with Gasteiger partial charge in [0.2, 0.25) is 5.95 Å². The summed E-state index contributed by atoms with van der Waals surface area (Å²) in [4.78, 5) is 29.9. The van der Waals surface area contributed by atoms with Crippen LogP contribution in [0.25, 0.3) is 11.2 Å². The topological polar surface area (TPSA) is 94.1 Å². The highest BCUT2D eigenvalue weighted by Gasteiger charge is 2.29. The van der Waals surface area contributed by atoms with Crippen molar-refractivity contribution < 1.29 is 5.11 Å². The lowest BCUT2D eigenvalue weighted by Gasteiger charge is -2.20. The Morgan fingerprint density at radius 1 is 1.14 bits per heavy atom. The fraction of sp³-hybridized carbons (Fsp3) is 0.450. The standard InChI is InChI=1S/C20H25N5O3/c1-23-17-16(18(27)24(2)20(23)28)25(11-13-7-4-3-5-8-13)19(22-17)21-15-10-6-9-14(15)12-26/h3-5,7-8,14-15,26H,6,9-12H2,1-2H3,(H,21,22). The highest BCUT2D eigenvalue weighted by Crippen LogP contribution is 2.29. The van der Waals surface area contributed by atoms with Crippen molar-refractivity contribution in [3.8, 4) is 0 Å². The molecule has 1 fully saturated rings. The minimum Gasteiger partial charge on any atom is -0.396 e. The van der Waals surface area contributed by atoms with Gasteiger partial charge in [-0.2, -0.15) is 4.98 Å². The number of hydrogen-bond donors (Lipinski definition) is 2. The zero-order valence-electron chi connectivity index (χ0n) is 16.1. The first-order valence-corrected chi connectivity index (χ1v) is 9.58. The normalized spacial score (nSPS) is 19.4. The van der Waals surface area contributed by atoms with Crippen LogP contribution in [0.5, 0.6) is 0 Å². The molecule has 0 amide bonds. The number of aliphatic hydroxyl groups is 1. The number of nitrogens with one attached hydrogen (secondary N) is 1. The molecule has 1 aliphatic rings. The zero-order chi connectivity index (χ0) is 19.8. The van der Waals surface area contributed by atoms with Crippen LogP contribution in [0.15, 0.2) is 39.9 Å². The van der Waals surface area contributed by atoms with E-state index in [2.05, 4.69) is 10.3 Å². The average Bonchev–Trinajstić information content (AvgIpc) is 3.30. The monoisotopic (exact) mass is 383 g/mol. The predicted octanol–water partition coefficient (Wildman–Crippen LogP) is 1.05. The van der Waals surface area contributed by atoms with Gasteiger partial charge in [0.25, 0.3) is 5.56 Å². The van der Waals surface area contributed by atoms with E-state index >= 15 is 0 Å². The van der Waals surface area contributed by atoms with Crippen LogP contribution in [-0.2, 0) is 20.6 Å². The fourth-order valence-corrected chi connectivity index (χ4v) is 4.09. The second-order valence-electron chi connectivity index (χ2n) is 7.51. The SMILES string of the molecule is Cn1c(=O)c2c(nc(NC3CCCC3CO)n2Cc2ccccc2)n(C)c1=O. The maximum absolute atomic E-state index is 12.9. The van der Waals surface area contributed by atoms with E-state index in [1.165, 1.54) is 11.6 Å². The average molecular weight is 383 g/mol. The summed E-state index contributed by atoms with van der Waals surface area (Å²) in [6.07, 6.45) is 2.95. The highest BCUT2D eigenvalue weighted by molar-refractivity contribution is 5.74. The van der Waals surface area contributed by atoms with Crippen molar-refractivity contribution in [3.05, 3.63) is 56.7 Å². The molecule has 2 aromatic heterocycles. The first kappa shape index (κ1) is 18.5. The van der Waals surface area contributed by atoms with Crippen molar-refractivity contribution in [2.75, 3.05) is 11.9 Å². The van der Waals surface area contributed by atoms with Crippen LogP contribution in [0, 0.1) is 5.92 Å². The number of anilines is 1. The predicted molar refractivity (Wildman–Crippen MR) is 108 cm³/mol. The number of nitrogens with zero attached hydrogens (tertiary/aromatic N) is 4. The van der Waals surface area contributed by atoms with Gasteiger partial charge in [0.1, 0.15) is 0 Å². The van der Waals surface area contributed by atoms with Crippen LogP contribution in [-0.4, -0.2) is 36.4 Å². The number of benzene rings is 1. The van der Waals surface area contributed by atoms with Gasteiger partial charge >= 0.3 is 5.69 Å². The Labute approximate surface area is 162 Å². The van der Waals surface area contributed by atoms with Crippen LogP contribution in [0.1, 0.15) is 24.8 Å². The maximum atomic E-state index is 12.9. The summed E-state index contributed by atoms with van der Waals surface area (Å²) in [5.41, 5.74) is 1.03. The first-order chi connectivity index (χ1) is 13.5. The van der Waals surface area contributed by atoms with Crippen molar-refractivity contribution in [2.24, 2.45) is 20.0 Å². The van der Waals surface area contributed by atoms with Crippen LogP contribution in [0.3, 0.4) is 0 Å². The van der Waals surface area contributed by atoms with E-state index in [9.17, 15) is 14.7 Å². The van der Waals surface area contributed by atoms with Crippen molar-refractivity contribution in [3.63, 3.8) is 0 Å². The fourth-order valence-electron chi connectivity index (χ4n) is 4.09. The Balaban J connectivity index is 1.89.